The van der Waals surface area contributed by atoms with E-state index in [0.717, 1.165) is 18.4 Å². The number of nitrogens with zero attached hydrogens (tertiary/aromatic N) is 1. The van der Waals surface area contributed by atoms with Crippen molar-refractivity contribution in [1.29, 1.82) is 0 Å². The molecule has 0 spiro atoms. The molecule has 0 aromatic carbocycles. The van der Waals surface area contributed by atoms with E-state index >= 15 is 0 Å². The van der Waals surface area contributed by atoms with Crippen LogP contribution in [0.5, 0.6) is 0 Å². The quantitative estimate of drug-likeness (QED) is 0.753. The number of nitrogens with one attached hydrogen (secondary N) is 1. The molecule has 1 atom stereocenters. The highest BCUT2D eigenvalue weighted by Crippen LogP contribution is 2.13. The summed E-state index contributed by atoms with van der Waals surface area (Å²) >= 11 is 5.71. The van der Waals surface area contributed by atoms with E-state index in [1.807, 2.05) is 13.0 Å². The minimum atomic E-state index is -0.214. The lowest BCUT2D eigenvalue weighted by Gasteiger charge is -2.28. The molecule has 2 N–H and O–H groups in total. The fourth-order valence-corrected chi connectivity index (χ4v) is 1.71. The molecule has 0 amide bonds. The van der Waals surface area contributed by atoms with Crippen LogP contribution in [0, 0.1) is 0 Å². The lowest BCUT2D eigenvalue weighted by atomic mass is 9.97. The third-order valence-corrected chi connectivity index (χ3v) is 2.88. The molecule has 1 unspecified atom stereocenters. The maximum Gasteiger partial charge on any atom is 0.129 e. The first kappa shape index (κ1) is 13.4. The minimum Gasteiger partial charge on any atom is -0.394 e. The summed E-state index contributed by atoms with van der Waals surface area (Å²) in [6, 6.07) is 3.71. The molecule has 1 aromatic rings. The molecule has 0 aliphatic heterocycles. The first-order valence-corrected chi connectivity index (χ1v) is 5.94. The second kappa shape index (κ2) is 6.18. The number of pyridine rings is 1. The normalized spacial score (nSPS) is 14.8. The van der Waals surface area contributed by atoms with Gasteiger partial charge in [-0.05, 0) is 25.0 Å². The highest BCUT2D eigenvalue weighted by atomic mass is 35.5. The van der Waals surface area contributed by atoms with Crippen LogP contribution in [0.4, 0.5) is 0 Å². The smallest absolute Gasteiger partial charge is 0.129 e. The molecule has 1 rings (SSSR count). The predicted octanol–water partition coefficient (Wildman–Crippen LogP) is 2.38. The lowest BCUT2D eigenvalue weighted by molar-refractivity contribution is 0.163. The molecule has 4 heteroatoms. The van der Waals surface area contributed by atoms with E-state index in [9.17, 15) is 5.11 Å². The van der Waals surface area contributed by atoms with Crippen molar-refractivity contribution in [3.63, 3.8) is 0 Å². The number of aliphatic hydroxyl groups excluding tert-OH is 1. The summed E-state index contributed by atoms with van der Waals surface area (Å²) in [5.74, 6) is 0. The van der Waals surface area contributed by atoms with Gasteiger partial charge in [-0.2, -0.15) is 0 Å². The van der Waals surface area contributed by atoms with E-state index < -0.39 is 0 Å². The zero-order chi connectivity index (χ0) is 12.0. The van der Waals surface area contributed by atoms with Crippen molar-refractivity contribution in [3.8, 4) is 0 Å². The minimum absolute atomic E-state index is 0.141. The fraction of sp³-hybridized carbons (Fsp3) is 0.583. The molecule has 0 radical (unpaired) electrons. The molecule has 0 saturated carbocycles. The molecular weight excluding hydrogens is 224 g/mol. The van der Waals surface area contributed by atoms with Gasteiger partial charge in [-0.3, -0.25) is 0 Å². The second-order valence-corrected chi connectivity index (χ2v) is 4.70. The highest BCUT2D eigenvalue weighted by Gasteiger charge is 2.20. The lowest BCUT2D eigenvalue weighted by Crippen LogP contribution is -2.45. The van der Waals surface area contributed by atoms with Gasteiger partial charge in [0.2, 0.25) is 0 Å². The summed E-state index contributed by atoms with van der Waals surface area (Å²) in [7, 11) is 0. The third kappa shape index (κ3) is 4.08. The van der Waals surface area contributed by atoms with Crippen LogP contribution in [0.15, 0.2) is 18.3 Å². The summed E-state index contributed by atoms with van der Waals surface area (Å²) in [6.07, 6.45) is 3.74. The molecular formula is C12H19ClN2O. The van der Waals surface area contributed by atoms with E-state index in [-0.39, 0.29) is 12.1 Å². The summed E-state index contributed by atoms with van der Waals surface area (Å²) < 4.78 is 0. The molecule has 1 heterocycles. The van der Waals surface area contributed by atoms with Crippen LogP contribution in [0.25, 0.3) is 0 Å². The van der Waals surface area contributed by atoms with Crippen LogP contribution in [0.1, 0.15) is 32.3 Å². The van der Waals surface area contributed by atoms with Crippen molar-refractivity contribution in [2.75, 3.05) is 6.61 Å². The van der Waals surface area contributed by atoms with Gasteiger partial charge in [-0.1, -0.05) is 31.0 Å². The Kier molecular flexibility index (Phi) is 5.19. The summed E-state index contributed by atoms with van der Waals surface area (Å²) in [5, 5.41) is 13.2. The van der Waals surface area contributed by atoms with Crippen molar-refractivity contribution < 1.29 is 5.11 Å². The van der Waals surface area contributed by atoms with Crippen molar-refractivity contribution in [2.24, 2.45) is 0 Å². The van der Waals surface area contributed by atoms with Gasteiger partial charge in [0.15, 0.2) is 0 Å². The number of halogens is 1. The van der Waals surface area contributed by atoms with Crippen LogP contribution in [-0.2, 0) is 6.54 Å². The molecule has 0 aliphatic carbocycles. The molecule has 0 saturated heterocycles. The van der Waals surface area contributed by atoms with Gasteiger partial charge in [0, 0.05) is 18.3 Å². The van der Waals surface area contributed by atoms with E-state index in [0.29, 0.717) is 11.7 Å². The average molecular weight is 243 g/mol. The SMILES string of the molecule is CCCC(C)(CO)NCc1ccc(Cl)nc1. The Bertz CT molecular complexity index is 315. The molecule has 0 aliphatic rings. The number of rotatable bonds is 6. The number of hydrogen-bond acceptors (Lipinski definition) is 3. The van der Waals surface area contributed by atoms with Gasteiger partial charge >= 0.3 is 0 Å². The van der Waals surface area contributed by atoms with E-state index in [4.69, 9.17) is 11.6 Å². The summed E-state index contributed by atoms with van der Waals surface area (Å²) in [6.45, 7) is 4.97. The number of hydrogen-bond donors (Lipinski definition) is 2. The van der Waals surface area contributed by atoms with Gasteiger partial charge in [0.1, 0.15) is 5.15 Å². The zero-order valence-corrected chi connectivity index (χ0v) is 10.6. The van der Waals surface area contributed by atoms with E-state index in [2.05, 4.69) is 17.2 Å². The fourth-order valence-electron chi connectivity index (χ4n) is 1.60. The number of aliphatic hydroxyl groups is 1. The Morgan fingerprint density at radius 3 is 2.75 bits per heavy atom. The van der Waals surface area contributed by atoms with Crippen LogP contribution >= 0.6 is 11.6 Å². The average Bonchev–Trinajstić information content (AvgIpc) is 2.29. The molecule has 90 valence electrons. The molecule has 0 bridgehead atoms. The van der Waals surface area contributed by atoms with Crippen LogP contribution in [0.3, 0.4) is 0 Å². The van der Waals surface area contributed by atoms with Gasteiger partial charge < -0.3 is 10.4 Å². The Balaban J connectivity index is 2.52. The summed E-state index contributed by atoms with van der Waals surface area (Å²) in [5.41, 5.74) is 0.856. The molecule has 3 nitrogen and oxygen atoms in total. The predicted molar refractivity (Wildman–Crippen MR) is 66.5 cm³/mol. The van der Waals surface area contributed by atoms with Crippen molar-refractivity contribution in [2.45, 2.75) is 38.8 Å². The standard InChI is InChI=1S/C12H19ClN2O/c1-3-6-12(2,9-16)15-8-10-4-5-11(13)14-7-10/h4-5,7,15-16H,3,6,8-9H2,1-2H3. The zero-order valence-electron chi connectivity index (χ0n) is 9.83. The van der Waals surface area contributed by atoms with E-state index in [1.54, 1.807) is 12.3 Å². The molecule has 0 fully saturated rings. The maximum atomic E-state index is 9.34. The second-order valence-electron chi connectivity index (χ2n) is 4.31. The largest absolute Gasteiger partial charge is 0.394 e. The Morgan fingerprint density at radius 2 is 2.25 bits per heavy atom. The Hall–Kier alpha value is -0.640. The Labute approximate surface area is 102 Å². The van der Waals surface area contributed by atoms with Gasteiger partial charge in [0.25, 0.3) is 0 Å². The molecule has 1 aromatic heterocycles. The van der Waals surface area contributed by atoms with Crippen LogP contribution in [0.2, 0.25) is 5.15 Å². The van der Waals surface area contributed by atoms with Crippen LogP contribution < -0.4 is 5.32 Å². The summed E-state index contributed by atoms with van der Waals surface area (Å²) in [4.78, 5) is 4.01. The highest BCUT2D eigenvalue weighted by molar-refractivity contribution is 6.29. The van der Waals surface area contributed by atoms with Crippen LogP contribution in [-0.4, -0.2) is 22.2 Å². The van der Waals surface area contributed by atoms with Gasteiger partial charge in [-0.25, -0.2) is 4.98 Å². The van der Waals surface area contributed by atoms with Crippen molar-refractivity contribution in [3.05, 3.63) is 29.0 Å². The monoisotopic (exact) mass is 242 g/mol. The van der Waals surface area contributed by atoms with Crippen molar-refractivity contribution in [1.82, 2.24) is 10.3 Å². The molecule has 16 heavy (non-hydrogen) atoms. The van der Waals surface area contributed by atoms with Gasteiger partial charge in [-0.15, -0.1) is 0 Å². The first-order chi connectivity index (χ1) is 7.59. The van der Waals surface area contributed by atoms with E-state index in [1.165, 1.54) is 0 Å². The van der Waals surface area contributed by atoms with Crippen molar-refractivity contribution >= 4 is 11.6 Å². The maximum absolute atomic E-state index is 9.34. The number of aromatic nitrogens is 1. The topological polar surface area (TPSA) is 45.1 Å². The first-order valence-electron chi connectivity index (χ1n) is 5.56. The third-order valence-electron chi connectivity index (χ3n) is 2.66. The Morgan fingerprint density at radius 1 is 1.50 bits per heavy atom. The van der Waals surface area contributed by atoms with Gasteiger partial charge in [0.05, 0.1) is 6.61 Å².